The average molecular weight is 285 g/mol. The van der Waals surface area contributed by atoms with E-state index >= 15 is 0 Å². The number of carbonyl (C=O) groups is 2. The number of para-hydroxylation sites is 1. The van der Waals surface area contributed by atoms with Gasteiger partial charge in [-0.05, 0) is 31.2 Å². The molecule has 0 aliphatic carbocycles. The van der Waals surface area contributed by atoms with Crippen molar-refractivity contribution in [3.63, 3.8) is 0 Å². The van der Waals surface area contributed by atoms with Gasteiger partial charge in [0.05, 0.1) is 12.2 Å². The molecule has 2 N–H and O–H groups in total. The van der Waals surface area contributed by atoms with Crippen molar-refractivity contribution in [2.75, 3.05) is 6.61 Å². The molecule has 0 fully saturated rings. The number of nitrogens with zero attached hydrogens (tertiary/aromatic N) is 1. The van der Waals surface area contributed by atoms with Gasteiger partial charge in [-0.1, -0.05) is 18.2 Å². The fraction of sp³-hybridized carbons (Fsp3) is 0.133. The molecule has 0 radical (unpaired) electrons. The van der Waals surface area contributed by atoms with Crippen molar-refractivity contribution in [3.05, 3.63) is 59.9 Å². The molecule has 6 nitrogen and oxygen atoms in total. The number of rotatable bonds is 4. The first-order chi connectivity index (χ1) is 10.2. The quantitative estimate of drug-likeness (QED) is 0.835. The number of aromatic nitrogens is 1. The van der Waals surface area contributed by atoms with Crippen LogP contribution in [0.3, 0.4) is 0 Å². The summed E-state index contributed by atoms with van der Waals surface area (Å²) in [5.74, 6) is -0.481. The average Bonchev–Trinajstić information content (AvgIpc) is 2.54. The Morgan fingerprint density at radius 1 is 1.05 bits per heavy atom. The minimum Gasteiger partial charge on any atom is -0.493 e. The second-order valence-electron chi connectivity index (χ2n) is 4.05. The monoisotopic (exact) mass is 285 g/mol. The van der Waals surface area contributed by atoms with E-state index < -0.39 is 11.8 Å². The van der Waals surface area contributed by atoms with Crippen LogP contribution in [0.2, 0.25) is 0 Å². The van der Waals surface area contributed by atoms with E-state index in [0.29, 0.717) is 17.9 Å². The summed E-state index contributed by atoms with van der Waals surface area (Å²) in [6.07, 6.45) is 1.50. The van der Waals surface area contributed by atoms with Crippen molar-refractivity contribution >= 4 is 11.8 Å². The highest BCUT2D eigenvalue weighted by atomic mass is 16.5. The minimum absolute atomic E-state index is 0.218. The van der Waals surface area contributed by atoms with Gasteiger partial charge in [0.1, 0.15) is 11.4 Å². The smallest absolute Gasteiger partial charge is 0.288 e. The Morgan fingerprint density at radius 3 is 2.48 bits per heavy atom. The number of carbonyl (C=O) groups excluding carboxylic acids is 2. The molecule has 0 bridgehead atoms. The molecule has 1 aromatic carbocycles. The van der Waals surface area contributed by atoms with Gasteiger partial charge in [-0.3, -0.25) is 25.4 Å². The maximum absolute atomic E-state index is 12.0. The maximum Gasteiger partial charge on any atom is 0.288 e. The molecule has 2 aromatic rings. The van der Waals surface area contributed by atoms with Crippen molar-refractivity contribution in [1.82, 2.24) is 15.8 Å². The van der Waals surface area contributed by atoms with Crippen LogP contribution in [-0.4, -0.2) is 23.4 Å². The first-order valence-electron chi connectivity index (χ1n) is 6.46. The van der Waals surface area contributed by atoms with E-state index in [-0.39, 0.29) is 5.69 Å². The van der Waals surface area contributed by atoms with Crippen molar-refractivity contribution in [1.29, 1.82) is 0 Å². The molecule has 0 saturated heterocycles. The third-order valence-electron chi connectivity index (χ3n) is 2.62. The Hall–Kier alpha value is -2.89. The number of amides is 2. The zero-order valence-corrected chi connectivity index (χ0v) is 11.5. The summed E-state index contributed by atoms with van der Waals surface area (Å²) in [6, 6.07) is 11.7. The zero-order chi connectivity index (χ0) is 15.1. The van der Waals surface area contributed by atoms with Crippen molar-refractivity contribution in [2.24, 2.45) is 0 Å². The lowest BCUT2D eigenvalue weighted by Gasteiger charge is -2.10. The standard InChI is InChI=1S/C15H15N3O3/c1-2-21-13-9-4-3-7-11(13)14(19)17-18-15(20)12-8-5-6-10-16-12/h3-10H,2H2,1H3,(H,17,19)(H,18,20). The van der Waals surface area contributed by atoms with Crippen LogP contribution < -0.4 is 15.6 Å². The molecule has 1 aromatic heterocycles. The van der Waals surface area contributed by atoms with E-state index in [1.165, 1.54) is 6.20 Å². The van der Waals surface area contributed by atoms with Gasteiger partial charge in [-0.2, -0.15) is 0 Å². The Labute approximate surface area is 122 Å². The Bertz CT molecular complexity index is 629. The van der Waals surface area contributed by atoms with E-state index in [0.717, 1.165) is 0 Å². The third kappa shape index (κ3) is 3.79. The summed E-state index contributed by atoms with van der Waals surface area (Å²) >= 11 is 0. The molecular weight excluding hydrogens is 270 g/mol. The molecule has 0 unspecified atom stereocenters. The van der Waals surface area contributed by atoms with E-state index in [2.05, 4.69) is 15.8 Å². The number of nitrogens with one attached hydrogen (secondary N) is 2. The van der Waals surface area contributed by atoms with Gasteiger partial charge in [0.15, 0.2) is 0 Å². The highest BCUT2D eigenvalue weighted by Crippen LogP contribution is 2.17. The van der Waals surface area contributed by atoms with Gasteiger partial charge in [0, 0.05) is 6.20 Å². The van der Waals surface area contributed by atoms with Crippen LogP contribution in [0.25, 0.3) is 0 Å². The molecule has 0 atom stereocenters. The predicted octanol–water partition coefficient (Wildman–Crippen LogP) is 1.56. The molecule has 6 heteroatoms. The number of pyridine rings is 1. The second-order valence-corrected chi connectivity index (χ2v) is 4.05. The molecule has 2 rings (SSSR count). The van der Waals surface area contributed by atoms with Crippen LogP contribution in [0.1, 0.15) is 27.8 Å². The lowest BCUT2D eigenvalue weighted by molar-refractivity contribution is 0.0842. The molecule has 21 heavy (non-hydrogen) atoms. The van der Waals surface area contributed by atoms with Gasteiger partial charge in [0.2, 0.25) is 0 Å². The number of hydrogen-bond donors (Lipinski definition) is 2. The first kappa shape index (κ1) is 14.5. The van der Waals surface area contributed by atoms with E-state index in [1.54, 1.807) is 42.5 Å². The van der Waals surface area contributed by atoms with Gasteiger partial charge >= 0.3 is 0 Å². The van der Waals surface area contributed by atoms with Crippen molar-refractivity contribution < 1.29 is 14.3 Å². The molecule has 0 spiro atoms. The number of benzene rings is 1. The van der Waals surface area contributed by atoms with Crippen LogP contribution in [0.5, 0.6) is 5.75 Å². The van der Waals surface area contributed by atoms with Gasteiger partial charge in [-0.25, -0.2) is 0 Å². The largest absolute Gasteiger partial charge is 0.493 e. The number of hydrogen-bond acceptors (Lipinski definition) is 4. The first-order valence-corrected chi connectivity index (χ1v) is 6.46. The molecule has 0 saturated carbocycles. The van der Waals surface area contributed by atoms with E-state index in [1.807, 2.05) is 6.92 Å². The van der Waals surface area contributed by atoms with Crippen LogP contribution in [0, 0.1) is 0 Å². The predicted molar refractivity (Wildman–Crippen MR) is 76.8 cm³/mol. The normalized spacial score (nSPS) is 9.76. The van der Waals surface area contributed by atoms with Crippen molar-refractivity contribution in [2.45, 2.75) is 6.92 Å². The molecule has 0 aliphatic rings. The third-order valence-corrected chi connectivity index (χ3v) is 2.62. The van der Waals surface area contributed by atoms with Crippen LogP contribution in [0.4, 0.5) is 0 Å². The summed E-state index contributed by atoms with van der Waals surface area (Å²) in [7, 11) is 0. The van der Waals surface area contributed by atoms with Gasteiger partial charge < -0.3 is 4.74 Å². The van der Waals surface area contributed by atoms with E-state index in [4.69, 9.17) is 4.74 Å². The topological polar surface area (TPSA) is 80.3 Å². The SMILES string of the molecule is CCOc1ccccc1C(=O)NNC(=O)c1ccccn1. The zero-order valence-electron chi connectivity index (χ0n) is 11.5. The lowest BCUT2D eigenvalue weighted by Crippen LogP contribution is -2.42. The number of ether oxygens (including phenoxy) is 1. The van der Waals surface area contributed by atoms with Crippen molar-refractivity contribution in [3.8, 4) is 5.75 Å². The minimum atomic E-state index is -0.488. The second kappa shape index (κ2) is 7.04. The van der Waals surface area contributed by atoms with Gasteiger partial charge in [-0.15, -0.1) is 0 Å². The fourth-order valence-electron chi connectivity index (χ4n) is 1.68. The number of hydrazine groups is 1. The highest BCUT2D eigenvalue weighted by molar-refractivity contribution is 5.99. The summed E-state index contributed by atoms with van der Waals surface area (Å²) in [5, 5.41) is 0. The Kier molecular flexibility index (Phi) is 4.87. The molecule has 2 amide bonds. The summed E-state index contributed by atoms with van der Waals surface area (Å²) in [4.78, 5) is 27.7. The fourth-order valence-corrected chi connectivity index (χ4v) is 1.68. The van der Waals surface area contributed by atoms with Crippen LogP contribution in [0.15, 0.2) is 48.7 Å². The van der Waals surface area contributed by atoms with Crippen LogP contribution in [-0.2, 0) is 0 Å². The molecule has 1 heterocycles. The Balaban J connectivity index is 2.01. The van der Waals surface area contributed by atoms with Crippen LogP contribution >= 0.6 is 0 Å². The molecular formula is C15H15N3O3. The summed E-state index contributed by atoms with van der Waals surface area (Å²) in [5.41, 5.74) is 5.21. The maximum atomic E-state index is 12.0. The summed E-state index contributed by atoms with van der Waals surface area (Å²) < 4.78 is 5.36. The summed E-state index contributed by atoms with van der Waals surface area (Å²) in [6.45, 7) is 2.28. The Morgan fingerprint density at radius 2 is 1.76 bits per heavy atom. The lowest BCUT2D eigenvalue weighted by atomic mass is 10.2. The molecule has 108 valence electrons. The molecule has 0 aliphatic heterocycles. The van der Waals surface area contributed by atoms with E-state index in [9.17, 15) is 9.59 Å². The highest BCUT2D eigenvalue weighted by Gasteiger charge is 2.13. The van der Waals surface area contributed by atoms with Gasteiger partial charge in [0.25, 0.3) is 11.8 Å².